The molecule has 1 unspecified atom stereocenters. The number of aliphatic carboxylic acids is 1. The van der Waals surface area contributed by atoms with Crippen molar-refractivity contribution in [1.29, 1.82) is 0 Å². The first-order chi connectivity index (χ1) is 30.1. The third kappa shape index (κ3) is 121. The van der Waals surface area contributed by atoms with Gasteiger partial charge in [-0.05, 0) is 79.4 Å². The molecule has 0 bridgehead atoms. The molecule has 65 heavy (non-hydrogen) atoms. The SMILES string of the molecule is CC(C)CC(N)C(=O)O.CC(C)Cc1cnc[nH]1.CC(N)=NCCCCC(C)C.CCC(C)C.CCC(C)C.CCCC(C)C.CCCC(C)C.CCCC(C)C.CCCCCC(C)C. The highest BCUT2D eigenvalue weighted by Crippen LogP contribution is 2.08. The fourth-order valence-corrected chi connectivity index (χ4v) is 4.90. The maximum atomic E-state index is 10.1. The lowest BCUT2D eigenvalue weighted by Crippen LogP contribution is -2.31. The van der Waals surface area contributed by atoms with Crippen LogP contribution in [0, 0.1) is 53.3 Å². The molecule has 398 valence electrons. The Morgan fingerprint density at radius 2 is 0.908 bits per heavy atom. The molecule has 6 N–H and O–H groups in total. The summed E-state index contributed by atoms with van der Waals surface area (Å²) in [5.74, 6) is 7.05. The smallest absolute Gasteiger partial charge is 0.320 e. The number of unbranched alkanes of at least 4 members (excludes halogenated alkanes) is 3. The number of carboxylic acid groups (broad SMARTS) is 1. The minimum atomic E-state index is -0.913. The van der Waals surface area contributed by atoms with E-state index in [4.69, 9.17) is 16.6 Å². The molecule has 0 radical (unpaired) electrons. The zero-order chi connectivity index (χ0) is 52.8. The third-order valence-electron chi connectivity index (χ3n) is 9.39. The van der Waals surface area contributed by atoms with Crippen molar-refractivity contribution in [3.8, 4) is 0 Å². The second-order valence-corrected chi connectivity index (χ2v) is 21.7. The summed E-state index contributed by atoms with van der Waals surface area (Å²) in [4.78, 5) is 21.2. The van der Waals surface area contributed by atoms with Crippen LogP contribution in [-0.4, -0.2) is 39.5 Å². The topological polar surface area (TPSA) is 130 Å². The van der Waals surface area contributed by atoms with Gasteiger partial charge in [0.2, 0.25) is 0 Å². The van der Waals surface area contributed by atoms with E-state index in [2.05, 4.69) is 167 Å². The molecule has 1 aromatic rings. The Labute approximate surface area is 413 Å². The number of nitrogens with zero attached hydrogens (tertiary/aromatic N) is 2. The fraction of sp³-hybridized carbons (Fsp3) is 0.914. The number of hydrogen-bond donors (Lipinski definition) is 4. The zero-order valence-electron chi connectivity index (χ0n) is 49.6. The Hall–Kier alpha value is -1.89. The molecule has 7 nitrogen and oxygen atoms in total. The number of nitrogens with two attached hydrogens (primary N) is 2. The van der Waals surface area contributed by atoms with Gasteiger partial charge in [0.1, 0.15) is 6.04 Å². The molecule has 1 heterocycles. The van der Waals surface area contributed by atoms with Crippen molar-refractivity contribution in [3.63, 3.8) is 0 Å². The van der Waals surface area contributed by atoms with Gasteiger partial charge in [-0.25, -0.2) is 4.98 Å². The molecule has 0 saturated carbocycles. The zero-order valence-corrected chi connectivity index (χ0v) is 49.6. The predicted octanol–water partition coefficient (Wildman–Crippen LogP) is 18.9. The number of carbonyl (C=O) groups is 1. The highest BCUT2D eigenvalue weighted by atomic mass is 16.4. The van der Waals surface area contributed by atoms with Gasteiger partial charge < -0.3 is 21.6 Å². The molecular weight excluding hydrogens is 799 g/mol. The summed E-state index contributed by atoms with van der Waals surface area (Å²) in [5, 5.41) is 8.31. The van der Waals surface area contributed by atoms with E-state index in [1.54, 1.807) is 6.33 Å². The Morgan fingerprint density at radius 1 is 0.554 bits per heavy atom. The number of amidine groups is 1. The fourth-order valence-electron chi connectivity index (χ4n) is 4.90. The molecule has 7 heteroatoms. The Morgan fingerprint density at radius 3 is 1.09 bits per heavy atom. The summed E-state index contributed by atoms with van der Waals surface area (Å²) in [6, 6.07) is -0.690. The summed E-state index contributed by atoms with van der Waals surface area (Å²) >= 11 is 0. The summed E-state index contributed by atoms with van der Waals surface area (Å²) in [7, 11) is 0. The minimum Gasteiger partial charge on any atom is -0.480 e. The molecule has 0 spiro atoms. The van der Waals surface area contributed by atoms with Gasteiger partial charge in [-0.3, -0.25) is 9.79 Å². The normalized spacial score (nSPS) is 11.0. The lowest BCUT2D eigenvalue weighted by Gasteiger charge is -2.07. The summed E-state index contributed by atoms with van der Waals surface area (Å²) in [6.07, 6.45) is 25.3. The van der Waals surface area contributed by atoms with E-state index < -0.39 is 12.0 Å². The maximum Gasteiger partial charge on any atom is 0.320 e. The molecule has 0 aliphatic carbocycles. The first-order valence-corrected chi connectivity index (χ1v) is 27.3. The van der Waals surface area contributed by atoms with Crippen LogP contribution in [0.4, 0.5) is 0 Å². The van der Waals surface area contributed by atoms with Gasteiger partial charge in [0.05, 0.1) is 12.2 Å². The van der Waals surface area contributed by atoms with Gasteiger partial charge in [-0.2, -0.15) is 0 Å². The molecule has 1 rings (SSSR count). The van der Waals surface area contributed by atoms with Crippen LogP contribution in [0.1, 0.15) is 282 Å². The molecule has 0 aliphatic rings. The Kier molecular flexibility index (Phi) is 79.2. The van der Waals surface area contributed by atoms with Crippen LogP contribution in [0.25, 0.3) is 0 Å². The van der Waals surface area contributed by atoms with Gasteiger partial charge in [0, 0.05) is 18.4 Å². The number of aromatic nitrogens is 2. The lowest BCUT2D eigenvalue weighted by atomic mass is 10.1. The van der Waals surface area contributed by atoms with Crippen molar-refractivity contribution in [2.24, 2.45) is 69.7 Å². The number of carboxylic acids is 1. The largest absolute Gasteiger partial charge is 0.480 e. The van der Waals surface area contributed by atoms with E-state index >= 15 is 0 Å². The molecular formula is C58H129N5O2. The number of imidazole rings is 1. The van der Waals surface area contributed by atoms with Crippen molar-refractivity contribution in [2.45, 2.75) is 288 Å². The number of H-pyrrole nitrogens is 1. The summed E-state index contributed by atoms with van der Waals surface area (Å²) in [6.45, 7) is 55.8. The first-order valence-electron chi connectivity index (χ1n) is 27.3. The van der Waals surface area contributed by atoms with Crippen LogP contribution in [-0.2, 0) is 11.2 Å². The average Bonchev–Trinajstić information content (AvgIpc) is 3.68. The maximum absolute atomic E-state index is 10.1. The van der Waals surface area contributed by atoms with E-state index in [1.807, 2.05) is 27.0 Å². The first kappa shape index (κ1) is 80.2. The van der Waals surface area contributed by atoms with E-state index in [-0.39, 0.29) is 0 Å². The van der Waals surface area contributed by atoms with Crippen molar-refractivity contribution < 1.29 is 9.90 Å². The van der Waals surface area contributed by atoms with Crippen molar-refractivity contribution >= 4 is 11.8 Å². The Balaban J connectivity index is -0.0000000949. The monoisotopic (exact) mass is 928 g/mol. The summed E-state index contributed by atoms with van der Waals surface area (Å²) in [5.41, 5.74) is 11.8. The quantitative estimate of drug-likeness (QED) is 0.0523. The van der Waals surface area contributed by atoms with Gasteiger partial charge in [-0.15, -0.1) is 0 Å². The van der Waals surface area contributed by atoms with Gasteiger partial charge in [-0.1, -0.05) is 256 Å². The summed E-state index contributed by atoms with van der Waals surface area (Å²) < 4.78 is 0. The molecule has 0 aliphatic heterocycles. The van der Waals surface area contributed by atoms with Crippen LogP contribution in [0.2, 0.25) is 0 Å². The predicted molar refractivity (Wildman–Crippen MR) is 302 cm³/mol. The second-order valence-electron chi connectivity index (χ2n) is 21.7. The highest BCUT2D eigenvalue weighted by Gasteiger charge is 2.12. The second kappa shape index (κ2) is 64.2. The number of hydrogen-bond acceptors (Lipinski definition) is 4. The van der Waals surface area contributed by atoms with Gasteiger partial charge in [0.25, 0.3) is 0 Å². The van der Waals surface area contributed by atoms with Crippen LogP contribution in [0.5, 0.6) is 0 Å². The van der Waals surface area contributed by atoms with Crippen LogP contribution >= 0.6 is 0 Å². The van der Waals surface area contributed by atoms with E-state index in [0.717, 1.165) is 54.4 Å². The minimum absolute atomic E-state index is 0.357. The van der Waals surface area contributed by atoms with Gasteiger partial charge >= 0.3 is 5.97 Å². The number of aliphatic imine (C=N–C) groups is 1. The molecule has 0 fully saturated rings. The van der Waals surface area contributed by atoms with E-state index in [1.165, 1.54) is 102 Å². The van der Waals surface area contributed by atoms with Crippen LogP contribution < -0.4 is 11.5 Å². The molecule has 0 amide bonds. The van der Waals surface area contributed by atoms with Crippen molar-refractivity contribution in [2.75, 3.05) is 6.54 Å². The molecule has 1 atom stereocenters. The number of aromatic amines is 1. The van der Waals surface area contributed by atoms with E-state index in [9.17, 15) is 4.79 Å². The number of nitrogens with one attached hydrogen (secondary N) is 1. The van der Waals surface area contributed by atoms with Crippen LogP contribution in [0.15, 0.2) is 17.5 Å². The van der Waals surface area contributed by atoms with Crippen molar-refractivity contribution in [1.82, 2.24) is 9.97 Å². The highest BCUT2D eigenvalue weighted by molar-refractivity contribution is 5.77. The molecule has 0 aromatic carbocycles. The Bertz CT molecular complexity index is 931. The standard InChI is InChI=1S/C9H20N2.C8H18.C7H12N2.C6H13NO2.3C6H14.2C5H12/c1-8(2)6-4-5-7-11-9(3)10;1-4-5-6-7-8(2)3;1-6(2)3-7-4-8-5-9-7;1-4(2)3-5(7)6(8)9;3*1-4-5-6(2)3;2*1-4-5(2)3/h8H,4-7H2,1-3H3,(H2,10,11);8H,4-7H2,1-3H3;4-6H,3H2,1-2H3,(H,8,9);4-5H,3,7H2,1-2H3,(H,8,9);3*6H,4-5H2,1-3H3;2*5H,4H2,1-3H3. The average molecular weight is 929 g/mol. The number of rotatable bonds is 22. The molecule has 0 saturated heterocycles. The lowest BCUT2D eigenvalue weighted by molar-refractivity contribution is -0.138. The van der Waals surface area contributed by atoms with Gasteiger partial charge in [0.15, 0.2) is 0 Å². The molecule has 1 aromatic heterocycles. The van der Waals surface area contributed by atoms with E-state index in [0.29, 0.717) is 24.1 Å². The third-order valence-corrected chi connectivity index (χ3v) is 9.39. The van der Waals surface area contributed by atoms with Crippen molar-refractivity contribution in [3.05, 3.63) is 18.2 Å². The van der Waals surface area contributed by atoms with Crippen LogP contribution in [0.3, 0.4) is 0 Å².